The molecule has 1 N–H and O–H groups in total. The molecule has 1 aromatic carbocycles. The van der Waals surface area contributed by atoms with Gasteiger partial charge in [0.1, 0.15) is 0 Å². The molecule has 4 fully saturated rings. The summed E-state index contributed by atoms with van der Waals surface area (Å²) in [7, 11) is 0. The average Bonchev–Trinajstić information content (AvgIpc) is 2.60. The number of aryl methyl sites for hydroxylation is 1. The molecule has 0 atom stereocenters. The predicted molar refractivity (Wildman–Crippen MR) is 100 cm³/mol. The fourth-order valence-electron chi connectivity index (χ4n) is 6.18. The van der Waals surface area contributed by atoms with E-state index in [-0.39, 0.29) is 17.0 Å². The summed E-state index contributed by atoms with van der Waals surface area (Å²) >= 11 is 0. The summed E-state index contributed by atoms with van der Waals surface area (Å²) in [6.45, 7) is 2.34. The molecular weight excluding hydrogens is 326 g/mol. The topological polar surface area (TPSA) is 64.0 Å². The monoisotopic (exact) mass is 351 g/mol. The van der Waals surface area contributed by atoms with Crippen molar-refractivity contribution >= 4 is 16.7 Å². The Hall–Kier alpha value is -2.17. The SMILES string of the molecule is CCn1nc(C(=O)NC23CC4CC(CC(C4)C2)C3)c2ccccc2c1=O. The lowest BCUT2D eigenvalue weighted by Crippen LogP contribution is -2.60. The fourth-order valence-corrected chi connectivity index (χ4v) is 6.18. The van der Waals surface area contributed by atoms with Crippen molar-refractivity contribution in [3.05, 3.63) is 40.3 Å². The van der Waals surface area contributed by atoms with Crippen LogP contribution in [0.1, 0.15) is 55.9 Å². The molecule has 0 radical (unpaired) electrons. The Morgan fingerprint density at radius 1 is 1.12 bits per heavy atom. The van der Waals surface area contributed by atoms with E-state index in [2.05, 4.69) is 10.4 Å². The van der Waals surface area contributed by atoms with Crippen LogP contribution < -0.4 is 10.9 Å². The molecule has 6 rings (SSSR count). The molecule has 136 valence electrons. The molecule has 0 aliphatic heterocycles. The van der Waals surface area contributed by atoms with Crippen LogP contribution in [0.3, 0.4) is 0 Å². The van der Waals surface area contributed by atoms with Gasteiger partial charge in [0.15, 0.2) is 5.69 Å². The maximum atomic E-state index is 13.2. The number of nitrogens with zero attached hydrogens (tertiary/aromatic N) is 2. The Kier molecular flexibility index (Phi) is 3.49. The molecule has 1 heterocycles. The molecule has 1 aromatic heterocycles. The van der Waals surface area contributed by atoms with Crippen LogP contribution >= 0.6 is 0 Å². The van der Waals surface area contributed by atoms with Crippen molar-refractivity contribution in [3.8, 4) is 0 Å². The lowest BCUT2D eigenvalue weighted by atomic mass is 9.53. The summed E-state index contributed by atoms with van der Waals surface area (Å²) in [5.74, 6) is 2.20. The molecular formula is C21H25N3O2. The van der Waals surface area contributed by atoms with E-state index in [1.807, 2.05) is 25.1 Å². The number of fused-ring (bicyclic) bond motifs is 1. The number of carbonyl (C=O) groups excluding carboxylic acids is 1. The van der Waals surface area contributed by atoms with E-state index < -0.39 is 0 Å². The highest BCUT2D eigenvalue weighted by Crippen LogP contribution is 2.55. The zero-order valence-corrected chi connectivity index (χ0v) is 15.2. The van der Waals surface area contributed by atoms with Gasteiger partial charge in [-0.1, -0.05) is 18.2 Å². The Bertz CT molecular complexity index is 911. The largest absolute Gasteiger partial charge is 0.345 e. The molecule has 4 aliphatic rings. The Morgan fingerprint density at radius 3 is 2.27 bits per heavy atom. The molecule has 26 heavy (non-hydrogen) atoms. The lowest BCUT2D eigenvalue weighted by molar-refractivity contribution is -0.0167. The second-order valence-electron chi connectivity index (χ2n) is 8.67. The van der Waals surface area contributed by atoms with Crippen LogP contribution in [-0.4, -0.2) is 21.2 Å². The third kappa shape index (κ3) is 2.40. The maximum absolute atomic E-state index is 13.2. The minimum Gasteiger partial charge on any atom is -0.345 e. The summed E-state index contributed by atoms with van der Waals surface area (Å²) < 4.78 is 1.40. The second-order valence-corrected chi connectivity index (χ2v) is 8.67. The third-order valence-corrected chi connectivity index (χ3v) is 6.80. The average molecular weight is 351 g/mol. The van der Waals surface area contributed by atoms with Crippen LogP contribution in [0.5, 0.6) is 0 Å². The van der Waals surface area contributed by atoms with Gasteiger partial charge < -0.3 is 5.32 Å². The van der Waals surface area contributed by atoms with Crippen LogP contribution in [0, 0.1) is 17.8 Å². The van der Waals surface area contributed by atoms with Crippen molar-refractivity contribution in [1.29, 1.82) is 0 Å². The van der Waals surface area contributed by atoms with E-state index in [0.717, 1.165) is 37.0 Å². The molecule has 4 bridgehead atoms. The van der Waals surface area contributed by atoms with Gasteiger partial charge in [0.05, 0.1) is 5.39 Å². The second kappa shape index (κ2) is 5.66. The number of carbonyl (C=O) groups is 1. The van der Waals surface area contributed by atoms with Gasteiger partial charge in [-0.05, 0) is 69.3 Å². The third-order valence-electron chi connectivity index (χ3n) is 6.80. The van der Waals surface area contributed by atoms with Crippen molar-refractivity contribution in [3.63, 3.8) is 0 Å². The van der Waals surface area contributed by atoms with Crippen molar-refractivity contribution in [1.82, 2.24) is 15.1 Å². The highest BCUT2D eigenvalue weighted by molar-refractivity contribution is 6.05. The number of aromatic nitrogens is 2. The molecule has 5 heteroatoms. The van der Waals surface area contributed by atoms with E-state index in [4.69, 9.17) is 0 Å². The quantitative estimate of drug-likeness (QED) is 0.924. The molecule has 4 aliphatic carbocycles. The number of benzene rings is 1. The smallest absolute Gasteiger partial charge is 0.274 e. The van der Waals surface area contributed by atoms with E-state index in [9.17, 15) is 9.59 Å². The van der Waals surface area contributed by atoms with E-state index in [0.29, 0.717) is 23.0 Å². The lowest BCUT2D eigenvalue weighted by Gasteiger charge is -2.56. The number of hydrogen-bond donors (Lipinski definition) is 1. The first-order valence-electron chi connectivity index (χ1n) is 9.89. The summed E-state index contributed by atoms with van der Waals surface area (Å²) in [5, 5.41) is 9.02. The summed E-state index contributed by atoms with van der Waals surface area (Å²) in [6.07, 6.45) is 7.35. The van der Waals surface area contributed by atoms with Crippen LogP contribution in [-0.2, 0) is 6.54 Å². The van der Waals surface area contributed by atoms with E-state index in [1.165, 1.54) is 23.9 Å². The van der Waals surface area contributed by atoms with Crippen LogP contribution in [0.25, 0.3) is 10.8 Å². The molecule has 0 unspecified atom stereocenters. The molecule has 2 aromatic rings. The number of rotatable bonds is 3. The van der Waals surface area contributed by atoms with Gasteiger partial charge >= 0.3 is 0 Å². The van der Waals surface area contributed by atoms with Crippen molar-refractivity contribution in [2.75, 3.05) is 0 Å². The van der Waals surface area contributed by atoms with E-state index >= 15 is 0 Å². The first-order chi connectivity index (χ1) is 12.6. The maximum Gasteiger partial charge on any atom is 0.274 e. The predicted octanol–water partition coefficient (Wildman–Crippen LogP) is 3.12. The molecule has 5 nitrogen and oxygen atoms in total. The molecule has 0 saturated heterocycles. The summed E-state index contributed by atoms with van der Waals surface area (Å²) in [5.41, 5.74) is 0.203. The molecule has 4 saturated carbocycles. The van der Waals surface area contributed by atoms with Gasteiger partial charge in [0.25, 0.3) is 11.5 Å². The van der Waals surface area contributed by atoms with Gasteiger partial charge in [-0.2, -0.15) is 5.10 Å². The molecule has 0 spiro atoms. The first kappa shape index (κ1) is 16.0. The zero-order valence-electron chi connectivity index (χ0n) is 15.2. The minimum absolute atomic E-state index is 0.0538. The number of hydrogen-bond acceptors (Lipinski definition) is 3. The van der Waals surface area contributed by atoms with E-state index in [1.54, 1.807) is 6.07 Å². The fraction of sp³-hybridized carbons (Fsp3) is 0.571. The van der Waals surface area contributed by atoms with Crippen LogP contribution in [0.15, 0.2) is 29.1 Å². The van der Waals surface area contributed by atoms with Crippen molar-refractivity contribution in [2.24, 2.45) is 17.8 Å². The normalized spacial score (nSPS) is 32.1. The zero-order chi connectivity index (χ0) is 17.9. The van der Waals surface area contributed by atoms with Crippen molar-refractivity contribution in [2.45, 2.75) is 57.5 Å². The minimum atomic E-state index is -0.130. The number of amides is 1. The van der Waals surface area contributed by atoms with Gasteiger partial charge in [-0.15, -0.1) is 0 Å². The van der Waals surface area contributed by atoms with Gasteiger partial charge in [0, 0.05) is 17.5 Å². The Balaban J connectivity index is 1.53. The highest BCUT2D eigenvalue weighted by atomic mass is 16.2. The Morgan fingerprint density at radius 2 is 1.69 bits per heavy atom. The number of nitrogens with one attached hydrogen (secondary N) is 1. The van der Waals surface area contributed by atoms with Crippen LogP contribution in [0.4, 0.5) is 0 Å². The molecule has 1 amide bonds. The van der Waals surface area contributed by atoms with Gasteiger partial charge in [0.2, 0.25) is 0 Å². The van der Waals surface area contributed by atoms with Crippen LogP contribution in [0.2, 0.25) is 0 Å². The summed E-state index contributed by atoms with van der Waals surface area (Å²) in [4.78, 5) is 25.7. The Labute approximate surface area is 152 Å². The highest BCUT2D eigenvalue weighted by Gasteiger charge is 2.51. The van der Waals surface area contributed by atoms with Gasteiger partial charge in [-0.25, -0.2) is 4.68 Å². The standard InChI is InChI=1S/C21H25N3O2/c1-2-24-20(26)17-6-4-3-5-16(17)18(23-24)19(25)22-21-10-13-7-14(11-21)9-15(8-13)12-21/h3-6,13-15H,2,7-12H2,1H3,(H,22,25). The van der Waals surface area contributed by atoms with Crippen molar-refractivity contribution < 1.29 is 4.79 Å². The summed E-state index contributed by atoms with van der Waals surface area (Å²) in [6, 6.07) is 7.32. The van der Waals surface area contributed by atoms with Gasteiger partial charge in [-0.3, -0.25) is 9.59 Å². The first-order valence-corrected chi connectivity index (χ1v) is 9.89.